The van der Waals surface area contributed by atoms with Crippen LogP contribution >= 0.6 is 15.9 Å². The molecule has 1 fully saturated rings. The summed E-state index contributed by atoms with van der Waals surface area (Å²) in [6, 6.07) is 3.57. The van der Waals surface area contributed by atoms with Crippen LogP contribution in [0.15, 0.2) is 16.6 Å². The molecule has 0 spiro atoms. The minimum absolute atomic E-state index is 0.0873. The highest BCUT2D eigenvalue weighted by molar-refractivity contribution is 9.10. The van der Waals surface area contributed by atoms with Gasteiger partial charge in [-0.2, -0.15) is 0 Å². The first-order chi connectivity index (χ1) is 11.5. The van der Waals surface area contributed by atoms with Crippen molar-refractivity contribution in [3.8, 4) is 5.75 Å². The molecule has 3 unspecified atom stereocenters. The number of hydrogen-bond acceptors (Lipinski definition) is 5. The molecule has 0 N–H and O–H groups in total. The Morgan fingerprint density at radius 3 is 2.75 bits per heavy atom. The van der Waals surface area contributed by atoms with Gasteiger partial charge in [0, 0.05) is 23.2 Å². The summed E-state index contributed by atoms with van der Waals surface area (Å²) in [6.07, 6.45) is 1.09. The van der Waals surface area contributed by atoms with Gasteiger partial charge in [-0.3, -0.25) is 14.4 Å². The Morgan fingerprint density at radius 2 is 2.08 bits per heavy atom. The maximum absolute atomic E-state index is 12.8. The number of Topliss-reactive ketones (excluding diaryl/α,β-unsaturated/α-hetero) is 2. The standard InChI is InChI=1S/C18H19BrO5/c1-3-24-14(21)8-9-6-10-15-11(19)4-5-13(23-2)17(15)18(22)16(10)12(20)7-9/h4-5,9-10,16H,3,6-8H2,1-2H3. The van der Waals surface area contributed by atoms with E-state index in [9.17, 15) is 14.4 Å². The van der Waals surface area contributed by atoms with E-state index in [1.807, 2.05) is 6.07 Å². The highest BCUT2D eigenvalue weighted by atomic mass is 79.9. The highest BCUT2D eigenvalue weighted by Gasteiger charge is 2.50. The van der Waals surface area contributed by atoms with Gasteiger partial charge in [0.1, 0.15) is 11.5 Å². The van der Waals surface area contributed by atoms with Gasteiger partial charge in [-0.1, -0.05) is 15.9 Å². The van der Waals surface area contributed by atoms with Gasteiger partial charge in [0.25, 0.3) is 0 Å². The molecule has 24 heavy (non-hydrogen) atoms. The number of rotatable bonds is 4. The van der Waals surface area contributed by atoms with Crippen LogP contribution in [0.25, 0.3) is 0 Å². The predicted octanol–water partition coefficient (Wildman–Crippen LogP) is 3.29. The highest BCUT2D eigenvalue weighted by Crippen LogP contribution is 2.52. The second-order valence-electron chi connectivity index (χ2n) is 6.27. The molecule has 0 radical (unpaired) electrons. The predicted molar refractivity (Wildman–Crippen MR) is 90.2 cm³/mol. The lowest BCUT2D eigenvalue weighted by Crippen LogP contribution is -2.33. The number of methoxy groups -OCH3 is 1. The Bertz CT molecular complexity index is 712. The first-order valence-corrected chi connectivity index (χ1v) is 8.86. The third kappa shape index (κ3) is 2.77. The molecule has 2 aliphatic carbocycles. The Morgan fingerprint density at radius 1 is 1.33 bits per heavy atom. The van der Waals surface area contributed by atoms with E-state index < -0.39 is 5.92 Å². The SMILES string of the molecule is CCOC(=O)CC1CC(=O)C2C(=O)c3c(OC)ccc(Br)c3C2C1. The molecular formula is C18H19BrO5. The molecule has 0 amide bonds. The minimum Gasteiger partial charge on any atom is -0.496 e. The van der Waals surface area contributed by atoms with E-state index in [2.05, 4.69) is 15.9 Å². The van der Waals surface area contributed by atoms with E-state index >= 15 is 0 Å². The van der Waals surface area contributed by atoms with Crippen LogP contribution in [0, 0.1) is 11.8 Å². The van der Waals surface area contributed by atoms with E-state index in [4.69, 9.17) is 9.47 Å². The average Bonchev–Trinajstić information content (AvgIpc) is 2.83. The summed E-state index contributed by atoms with van der Waals surface area (Å²) in [7, 11) is 1.52. The first kappa shape index (κ1) is 17.1. The van der Waals surface area contributed by atoms with Crippen molar-refractivity contribution >= 4 is 33.5 Å². The van der Waals surface area contributed by atoms with Gasteiger partial charge in [0.15, 0.2) is 5.78 Å². The van der Waals surface area contributed by atoms with E-state index in [0.717, 1.165) is 10.0 Å². The van der Waals surface area contributed by atoms with Crippen LogP contribution in [0.3, 0.4) is 0 Å². The van der Waals surface area contributed by atoms with Crippen LogP contribution in [-0.4, -0.2) is 31.3 Å². The molecule has 1 aromatic carbocycles. The van der Waals surface area contributed by atoms with Crippen LogP contribution in [0.5, 0.6) is 5.75 Å². The lowest BCUT2D eigenvalue weighted by molar-refractivity contribution is -0.144. The molecule has 0 bridgehead atoms. The Hall–Kier alpha value is -1.69. The summed E-state index contributed by atoms with van der Waals surface area (Å²) in [4.78, 5) is 37.1. The minimum atomic E-state index is -0.647. The number of halogens is 1. The third-order valence-electron chi connectivity index (χ3n) is 4.86. The van der Waals surface area contributed by atoms with Gasteiger partial charge in [0.05, 0.1) is 25.2 Å². The zero-order chi connectivity index (χ0) is 17.4. The van der Waals surface area contributed by atoms with Crippen molar-refractivity contribution in [1.29, 1.82) is 0 Å². The molecule has 1 aromatic rings. The molecular weight excluding hydrogens is 376 g/mol. The molecule has 0 aromatic heterocycles. The summed E-state index contributed by atoms with van der Waals surface area (Å²) < 4.78 is 11.1. The number of benzene rings is 1. The van der Waals surface area contributed by atoms with E-state index in [1.165, 1.54) is 7.11 Å². The van der Waals surface area contributed by atoms with E-state index in [-0.39, 0.29) is 42.2 Å². The molecule has 0 aliphatic heterocycles. The molecule has 5 nitrogen and oxygen atoms in total. The van der Waals surface area contributed by atoms with Crippen LogP contribution in [-0.2, 0) is 14.3 Å². The van der Waals surface area contributed by atoms with Crippen molar-refractivity contribution in [2.24, 2.45) is 11.8 Å². The van der Waals surface area contributed by atoms with Gasteiger partial charge in [-0.15, -0.1) is 0 Å². The fourth-order valence-electron chi connectivity index (χ4n) is 3.96. The number of hydrogen-bond donors (Lipinski definition) is 0. The molecule has 3 atom stereocenters. The summed E-state index contributed by atoms with van der Waals surface area (Å²) in [5, 5.41) is 0. The summed E-state index contributed by atoms with van der Waals surface area (Å²) >= 11 is 3.51. The number of ether oxygens (including phenoxy) is 2. The monoisotopic (exact) mass is 394 g/mol. The summed E-state index contributed by atoms with van der Waals surface area (Å²) in [6.45, 7) is 2.09. The first-order valence-electron chi connectivity index (χ1n) is 8.06. The van der Waals surface area contributed by atoms with Gasteiger partial charge in [0.2, 0.25) is 0 Å². The molecule has 0 heterocycles. The maximum Gasteiger partial charge on any atom is 0.306 e. The molecule has 2 aliphatic rings. The molecule has 128 valence electrons. The largest absolute Gasteiger partial charge is 0.496 e. The van der Waals surface area contributed by atoms with Crippen molar-refractivity contribution < 1.29 is 23.9 Å². The van der Waals surface area contributed by atoms with Gasteiger partial charge < -0.3 is 9.47 Å². The fourth-order valence-corrected chi connectivity index (χ4v) is 4.58. The smallest absolute Gasteiger partial charge is 0.306 e. The molecule has 3 rings (SSSR count). The van der Waals surface area contributed by atoms with E-state index in [0.29, 0.717) is 24.3 Å². The van der Waals surface area contributed by atoms with Crippen LogP contribution in [0.4, 0.5) is 0 Å². The quantitative estimate of drug-likeness (QED) is 0.578. The van der Waals surface area contributed by atoms with Crippen molar-refractivity contribution in [1.82, 2.24) is 0 Å². The molecule has 0 saturated heterocycles. The van der Waals surface area contributed by atoms with Crippen LogP contribution in [0.1, 0.15) is 48.0 Å². The van der Waals surface area contributed by atoms with E-state index in [1.54, 1.807) is 13.0 Å². The van der Waals surface area contributed by atoms with Crippen molar-refractivity contribution in [2.45, 2.75) is 32.1 Å². The normalized spacial score (nSPS) is 25.2. The number of esters is 1. The maximum atomic E-state index is 12.8. The molecule has 6 heteroatoms. The second-order valence-corrected chi connectivity index (χ2v) is 7.12. The topological polar surface area (TPSA) is 69.7 Å². The van der Waals surface area contributed by atoms with Gasteiger partial charge >= 0.3 is 5.97 Å². The lowest BCUT2D eigenvalue weighted by atomic mass is 9.72. The zero-order valence-corrected chi connectivity index (χ0v) is 15.2. The lowest BCUT2D eigenvalue weighted by Gasteiger charge is -2.30. The Balaban J connectivity index is 1.94. The van der Waals surface area contributed by atoms with Crippen molar-refractivity contribution in [3.63, 3.8) is 0 Å². The Labute approximate surface area is 148 Å². The van der Waals surface area contributed by atoms with Crippen molar-refractivity contribution in [2.75, 3.05) is 13.7 Å². The second kappa shape index (κ2) is 6.67. The van der Waals surface area contributed by atoms with Crippen LogP contribution in [0.2, 0.25) is 0 Å². The van der Waals surface area contributed by atoms with Gasteiger partial charge in [-0.25, -0.2) is 0 Å². The van der Waals surface area contributed by atoms with Crippen molar-refractivity contribution in [3.05, 3.63) is 27.7 Å². The number of fused-ring (bicyclic) bond motifs is 3. The number of carbonyl (C=O) groups is 3. The summed E-state index contributed by atoms with van der Waals surface area (Å²) in [5.74, 6) is -0.966. The number of ketones is 2. The van der Waals surface area contributed by atoms with Crippen LogP contribution < -0.4 is 4.74 Å². The van der Waals surface area contributed by atoms with Gasteiger partial charge in [-0.05, 0) is 37.0 Å². The molecule has 1 saturated carbocycles. The zero-order valence-electron chi connectivity index (χ0n) is 13.6. The average molecular weight is 395 g/mol. The third-order valence-corrected chi connectivity index (χ3v) is 5.55. The number of carbonyl (C=O) groups excluding carboxylic acids is 3. The fraction of sp³-hybridized carbons (Fsp3) is 0.500. The Kier molecular flexibility index (Phi) is 4.76. The summed E-state index contributed by atoms with van der Waals surface area (Å²) in [5.41, 5.74) is 1.35.